The number of carboxylic acid groups (broad SMARTS) is 1. The van der Waals surface area contributed by atoms with Gasteiger partial charge in [-0.3, -0.25) is 4.79 Å². The minimum absolute atomic E-state index is 0.573. The van der Waals surface area contributed by atoms with Crippen molar-refractivity contribution in [2.45, 2.75) is 52.4 Å². The quantitative estimate of drug-likeness (QED) is 0.732. The number of carboxylic acids is 1. The Morgan fingerprint density at radius 3 is 2.30 bits per heavy atom. The molecule has 1 rings (SSSR count). The van der Waals surface area contributed by atoms with Crippen LogP contribution in [0, 0.1) is 5.41 Å². The van der Waals surface area contributed by atoms with E-state index < -0.39 is 11.4 Å². The van der Waals surface area contributed by atoms with E-state index in [4.69, 9.17) is 4.74 Å². The Labute approximate surface area is 122 Å². The molecule has 3 heteroatoms. The second-order valence-corrected chi connectivity index (χ2v) is 5.39. The molecule has 1 aromatic rings. The van der Waals surface area contributed by atoms with E-state index in [1.54, 1.807) is 7.11 Å². The van der Waals surface area contributed by atoms with Gasteiger partial charge in [0.25, 0.3) is 0 Å². The van der Waals surface area contributed by atoms with Gasteiger partial charge in [0.15, 0.2) is 0 Å². The molecule has 0 aliphatic heterocycles. The standard InChI is InChI=1S/C17H26O3/c1-4-6-12-17(5-2,16(18)19)13-11-14-7-9-15(20-3)10-8-14/h7-10H,4-6,11-13H2,1-3H3,(H,18,19). The van der Waals surface area contributed by atoms with E-state index in [1.807, 2.05) is 31.2 Å². The number of aryl methyl sites for hydroxylation is 1. The van der Waals surface area contributed by atoms with Crippen LogP contribution < -0.4 is 4.74 Å². The van der Waals surface area contributed by atoms with Crippen LogP contribution in [0.5, 0.6) is 5.75 Å². The maximum absolute atomic E-state index is 11.7. The molecule has 0 amide bonds. The number of rotatable bonds is 9. The minimum Gasteiger partial charge on any atom is -0.497 e. The summed E-state index contributed by atoms with van der Waals surface area (Å²) in [6.45, 7) is 4.09. The summed E-state index contributed by atoms with van der Waals surface area (Å²) in [4.78, 5) is 11.7. The normalized spacial score (nSPS) is 13.8. The number of benzene rings is 1. The predicted octanol–water partition coefficient (Wildman–Crippen LogP) is 4.30. The maximum atomic E-state index is 11.7. The van der Waals surface area contributed by atoms with Gasteiger partial charge in [0.1, 0.15) is 5.75 Å². The smallest absolute Gasteiger partial charge is 0.309 e. The van der Waals surface area contributed by atoms with Crippen molar-refractivity contribution in [2.75, 3.05) is 7.11 Å². The summed E-state index contributed by atoms with van der Waals surface area (Å²) in [5.74, 6) is 0.182. The van der Waals surface area contributed by atoms with E-state index in [-0.39, 0.29) is 0 Å². The molecular weight excluding hydrogens is 252 g/mol. The van der Waals surface area contributed by atoms with E-state index in [9.17, 15) is 9.90 Å². The lowest BCUT2D eigenvalue weighted by Crippen LogP contribution is -2.31. The van der Waals surface area contributed by atoms with Crippen LogP contribution >= 0.6 is 0 Å². The van der Waals surface area contributed by atoms with Crippen LogP contribution in [-0.2, 0) is 11.2 Å². The Bertz CT molecular complexity index is 411. The first kappa shape index (κ1) is 16.5. The first-order chi connectivity index (χ1) is 9.57. The molecule has 0 aliphatic rings. The predicted molar refractivity (Wildman–Crippen MR) is 81.2 cm³/mol. The van der Waals surface area contributed by atoms with E-state index in [1.165, 1.54) is 5.56 Å². The summed E-state index contributed by atoms with van der Waals surface area (Å²) in [5, 5.41) is 9.59. The van der Waals surface area contributed by atoms with Crippen LogP contribution in [0.15, 0.2) is 24.3 Å². The van der Waals surface area contributed by atoms with Gasteiger partial charge < -0.3 is 9.84 Å². The maximum Gasteiger partial charge on any atom is 0.309 e. The lowest BCUT2D eigenvalue weighted by atomic mass is 9.76. The fourth-order valence-electron chi connectivity index (χ4n) is 2.53. The van der Waals surface area contributed by atoms with Gasteiger partial charge in [-0.05, 0) is 43.4 Å². The summed E-state index contributed by atoms with van der Waals surface area (Å²) in [6.07, 6.45) is 4.98. The van der Waals surface area contributed by atoms with Crippen LogP contribution in [0.1, 0.15) is 51.5 Å². The molecule has 0 aliphatic carbocycles. The van der Waals surface area contributed by atoms with Crippen LogP contribution in [0.25, 0.3) is 0 Å². The molecule has 0 spiro atoms. The zero-order valence-electron chi connectivity index (χ0n) is 12.8. The fourth-order valence-corrected chi connectivity index (χ4v) is 2.53. The van der Waals surface area contributed by atoms with Crippen molar-refractivity contribution in [1.82, 2.24) is 0 Å². The number of unbranched alkanes of at least 4 members (excludes halogenated alkanes) is 1. The van der Waals surface area contributed by atoms with Crippen molar-refractivity contribution in [3.8, 4) is 5.75 Å². The Morgan fingerprint density at radius 2 is 1.85 bits per heavy atom. The first-order valence-electron chi connectivity index (χ1n) is 7.44. The average Bonchev–Trinajstić information content (AvgIpc) is 2.48. The number of carbonyl (C=O) groups is 1. The molecule has 0 radical (unpaired) electrons. The van der Waals surface area contributed by atoms with Gasteiger partial charge in [0.2, 0.25) is 0 Å². The molecule has 0 aromatic heterocycles. The molecular formula is C17H26O3. The number of hydrogen-bond donors (Lipinski definition) is 1. The summed E-state index contributed by atoms with van der Waals surface area (Å²) in [6, 6.07) is 7.88. The molecule has 0 heterocycles. The zero-order valence-corrected chi connectivity index (χ0v) is 12.8. The highest BCUT2D eigenvalue weighted by Gasteiger charge is 2.35. The summed E-state index contributed by atoms with van der Waals surface area (Å²) in [7, 11) is 1.65. The van der Waals surface area contributed by atoms with Crippen molar-refractivity contribution in [1.29, 1.82) is 0 Å². The van der Waals surface area contributed by atoms with Gasteiger partial charge in [-0.2, -0.15) is 0 Å². The van der Waals surface area contributed by atoms with Crippen LogP contribution in [0.2, 0.25) is 0 Å². The third-order valence-corrected chi connectivity index (χ3v) is 4.19. The molecule has 112 valence electrons. The van der Waals surface area contributed by atoms with Gasteiger partial charge in [0, 0.05) is 0 Å². The third-order valence-electron chi connectivity index (χ3n) is 4.19. The second kappa shape index (κ2) is 7.93. The number of ether oxygens (including phenoxy) is 1. The van der Waals surface area contributed by atoms with Gasteiger partial charge in [-0.25, -0.2) is 0 Å². The van der Waals surface area contributed by atoms with Gasteiger partial charge in [-0.15, -0.1) is 0 Å². The van der Waals surface area contributed by atoms with Gasteiger partial charge in [-0.1, -0.05) is 38.8 Å². The molecule has 20 heavy (non-hydrogen) atoms. The Hall–Kier alpha value is -1.51. The number of aliphatic carboxylic acids is 1. The lowest BCUT2D eigenvalue weighted by Gasteiger charge is -2.28. The van der Waals surface area contributed by atoms with E-state index in [0.29, 0.717) is 12.8 Å². The minimum atomic E-state index is -0.651. The Balaban J connectivity index is 2.71. The molecule has 1 N–H and O–H groups in total. The highest BCUT2D eigenvalue weighted by atomic mass is 16.5. The molecule has 1 atom stereocenters. The average molecular weight is 278 g/mol. The number of hydrogen-bond acceptors (Lipinski definition) is 2. The van der Waals surface area contributed by atoms with Crippen molar-refractivity contribution >= 4 is 5.97 Å². The SMILES string of the molecule is CCCCC(CC)(CCc1ccc(OC)cc1)C(=O)O. The van der Waals surface area contributed by atoms with Gasteiger partial charge in [0.05, 0.1) is 12.5 Å². The summed E-state index contributed by atoms with van der Waals surface area (Å²) in [5.41, 5.74) is 0.594. The van der Waals surface area contributed by atoms with Crippen LogP contribution in [0.4, 0.5) is 0 Å². The molecule has 3 nitrogen and oxygen atoms in total. The second-order valence-electron chi connectivity index (χ2n) is 5.39. The monoisotopic (exact) mass is 278 g/mol. The fraction of sp³-hybridized carbons (Fsp3) is 0.588. The molecule has 0 saturated carbocycles. The first-order valence-corrected chi connectivity index (χ1v) is 7.44. The van der Waals surface area contributed by atoms with Gasteiger partial charge >= 0.3 is 5.97 Å². The highest BCUT2D eigenvalue weighted by Crippen LogP contribution is 2.34. The van der Waals surface area contributed by atoms with Crippen molar-refractivity contribution < 1.29 is 14.6 Å². The zero-order chi connectivity index (χ0) is 15.0. The lowest BCUT2D eigenvalue weighted by molar-refractivity contribution is -0.150. The molecule has 1 unspecified atom stereocenters. The molecule has 0 fully saturated rings. The van der Waals surface area contributed by atoms with Crippen molar-refractivity contribution in [2.24, 2.45) is 5.41 Å². The topological polar surface area (TPSA) is 46.5 Å². The molecule has 0 saturated heterocycles. The van der Waals surface area contributed by atoms with Crippen molar-refractivity contribution in [3.05, 3.63) is 29.8 Å². The molecule has 1 aromatic carbocycles. The third kappa shape index (κ3) is 4.26. The van der Waals surface area contributed by atoms with E-state index in [2.05, 4.69) is 6.92 Å². The molecule has 0 bridgehead atoms. The number of methoxy groups -OCH3 is 1. The van der Waals surface area contributed by atoms with Crippen LogP contribution in [-0.4, -0.2) is 18.2 Å². The van der Waals surface area contributed by atoms with E-state index in [0.717, 1.165) is 31.4 Å². The summed E-state index contributed by atoms with van der Waals surface area (Å²) >= 11 is 0. The Morgan fingerprint density at radius 1 is 1.20 bits per heavy atom. The van der Waals surface area contributed by atoms with Crippen LogP contribution in [0.3, 0.4) is 0 Å². The van der Waals surface area contributed by atoms with E-state index >= 15 is 0 Å². The van der Waals surface area contributed by atoms with Crippen molar-refractivity contribution in [3.63, 3.8) is 0 Å². The Kier molecular flexibility index (Phi) is 6.56. The highest BCUT2D eigenvalue weighted by molar-refractivity contribution is 5.74. The largest absolute Gasteiger partial charge is 0.497 e. The summed E-state index contributed by atoms with van der Waals surface area (Å²) < 4.78 is 5.13.